The standard InChI is InChI=1S/C27H31NO6S/c1-27(17-8-7-14-26(29)30,20-10-5-4-6-11-20)21-12-9-13-23(18-21)35(31,32)28-22-15-16-24(33-2)25(19-22)34-3/h4-6,9-13,15-16,18-19,28H,7-8,14,17H2,1-3H3,(H,29,30). The van der Waals surface area contributed by atoms with Crippen molar-refractivity contribution >= 4 is 21.7 Å². The molecule has 1 atom stereocenters. The fraction of sp³-hybridized carbons (Fsp3) is 0.296. The number of sulfonamides is 1. The number of anilines is 1. The van der Waals surface area contributed by atoms with Crippen molar-refractivity contribution in [2.45, 2.75) is 42.9 Å². The van der Waals surface area contributed by atoms with E-state index in [0.717, 1.165) is 11.1 Å². The summed E-state index contributed by atoms with van der Waals surface area (Å²) in [5.74, 6) is 0.0965. The van der Waals surface area contributed by atoms with Gasteiger partial charge in [0, 0.05) is 17.9 Å². The van der Waals surface area contributed by atoms with Crippen LogP contribution in [0.25, 0.3) is 0 Å². The van der Waals surface area contributed by atoms with Gasteiger partial charge in [0.25, 0.3) is 10.0 Å². The lowest BCUT2D eigenvalue weighted by molar-refractivity contribution is -0.137. The number of methoxy groups -OCH3 is 2. The first-order valence-electron chi connectivity index (χ1n) is 11.3. The van der Waals surface area contributed by atoms with Gasteiger partial charge in [-0.3, -0.25) is 9.52 Å². The van der Waals surface area contributed by atoms with Crippen molar-refractivity contribution in [1.29, 1.82) is 0 Å². The zero-order valence-electron chi connectivity index (χ0n) is 20.2. The first kappa shape index (κ1) is 26.1. The molecule has 0 aromatic heterocycles. The van der Waals surface area contributed by atoms with E-state index in [1.54, 1.807) is 36.4 Å². The molecule has 0 saturated heterocycles. The molecule has 1 unspecified atom stereocenters. The molecular weight excluding hydrogens is 466 g/mol. The third-order valence-electron chi connectivity index (χ3n) is 6.15. The molecule has 3 rings (SSSR count). The van der Waals surface area contributed by atoms with E-state index >= 15 is 0 Å². The van der Waals surface area contributed by atoms with Crippen LogP contribution in [-0.2, 0) is 20.2 Å². The summed E-state index contributed by atoms with van der Waals surface area (Å²) >= 11 is 0. The summed E-state index contributed by atoms with van der Waals surface area (Å²) in [6.07, 6.45) is 2.03. The summed E-state index contributed by atoms with van der Waals surface area (Å²) < 4.78 is 39.6. The molecule has 3 aromatic rings. The molecule has 0 amide bonds. The van der Waals surface area contributed by atoms with Gasteiger partial charge in [-0.05, 0) is 48.2 Å². The average molecular weight is 498 g/mol. The average Bonchev–Trinajstić information content (AvgIpc) is 2.86. The second-order valence-electron chi connectivity index (χ2n) is 8.50. The second-order valence-corrected chi connectivity index (χ2v) is 10.2. The zero-order chi connectivity index (χ0) is 25.5. The third-order valence-corrected chi connectivity index (χ3v) is 7.52. The monoisotopic (exact) mass is 497 g/mol. The van der Waals surface area contributed by atoms with Gasteiger partial charge in [-0.2, -0.15) is 0 Å². The first-order chi connectivity index (χ1) is 16.7. The van der Waals surface area contributed by atoms with Gasteiger partial charge in [-0.1, -0.05) is 55.8 Å². The molecule has 7 nitrogen and oxygen atoms in total. The van der Waals surface area contributed by atoms with E-state index in [0.29, 0.717) is 36.4 Å². The van der Waals surface area contributed by atoms with Gasteiger partial charge in [-0.15, -0.1) is 0 Å². The maximum Gasteiger partial charge on any atom is 0.303 e. The minimum absolute atomic E-state index is 0.106. The van der Waals surface area contributed by atoms with Gasteiger partial charge in [0.05, 0.1) is 24.8 Å². The molecule has 0 fully saturated rings. The van der Waals surface area contributed by atoms with Gasteiger partial charge in [0.1, 0.15) is 0 Å². The number of ether oxygens (including phenoxy) is 2. The number of nitrogens with one attached hydrogen (secondary N) is 1. The third kappa shape index (κ3) is 6.33. The maximum absolute atomic E-state index is 13.3. The van der Waals surface area contributed by atoms with Crippen molar-refractivity contribution < 1.29 is 27.8 Å². The Balaban J connectivity index is 1.93. The lowest BCUT2D eigenvalue weighted by atomic mass is 9.72. The Morgan fingerprint density at radius 3 is 2.23 bits per heavy atom. The Hall–Kier alpha value is -3.52. The highest BCUT2D eigenvalue weighted by molar-refractivity contribution is 7.92. The van der Waals surface area contributed by atoms with E-state index in [4.69, 9.17) is 14.6 Å². The molecule has 0 spiro atoms. The Morgan fingerprint density at radius 2 is 1.57 bits per heavy atom. The van der Waals surface area contributed by atoms with Crippen molar-refractivity contribution in [1.82, 2.24) is 0 Å². The van der Waals surface area contributed by atoms with E-state index in [-0.39, 0.29) is 11.3 Å². The summed E-state index contributed by atoms with van der Waals surface area (Å²) in [6, 6.07) is 21.6. The predicted octanol–water partition coefficient (Wildman–Crippen LogP) is 5.46. The van der Waals surface area contributed by atoms with Crippen molar-refractivity contribution in [3.63, 3.8) is 0 Å². The van der Waals surface area contributed by atoms with E-state index in [9.17, 15) is 13.2 Å². The zero-order valence-corrected chi connectivity index (χ0v) is 21.0. The van der Waals surface area contributed by atoms with Gasteiger partial charge < -0.3 is 14.6 Å². The van der Waals surface area contributed by atoms with Crippen molar-refractivity contribution in [3.8, 4) is 11.5 Å². The molecule has 0 aliphatic rings. The maximum atomic E-state index is 13.3. The minimum atomic E-state index is -3.88. The molecule has 0 aliphatic heterocycles. The molecule has 0 radical (unpaired) electrons. The van der Waals surface area contributed by atoms with E-state index in [2.05, 4.69) is 11.6 Å². The summed E-state index contributed by atoms with van der Waals surface area (Å²) in [4.78, 5) is 11.1. The van der Waals surface area contributed by atoms with E-state index in [1.807, 2.05) is 36.4 Å². The van der Waals surface area contributed by atoms with Crippen LogP contribution < -0.4 is 14.2 Å². The highest BCUT2D eigenvalue weighted by atomic mass is 32.2. The largest absolute Gasteiger partial charge is 0.493 e. The molecule has 0 aliphatic carbocycles. The molecule has 35 heavy (non-hydrogen) atoms. The lowest BCUT2D eigenvalue weighted by Crippen LogP contribution is -2.24. The normalized spacial score (nSPS) is 13.0. The number of aliphatic carboxylic acids is 1. The highest BCUT2D eigenvalue weighted by Crippen LogP contribution is 2.38. The molecule has 3 aromatic carbocycles. The SMILES string of the molecule is COc1ccc(NS(=O)(=O)c2cccc(C(C)(CCCCC(=O)O)c3ccccc3)c2)cc1OC. The van der Waals surface area contributed by atoms with Crippen LogP contribution in [0.3, 0.4) is 0 Å². The minimum Gasteiger partial charge on any atom is -0.493 e. The second kappa shape index (κ2) is 11.3. The van der Waals surface area contributed by atoms with Crippen LogP contribution in [0.15, 0.2) is 77.7 Å². The molecule has 0 heterocycles. The fourth-order valence-corrected chi connectivity index (χ4v) is 5.23. The number of rotatable bonds is 12. The van der Waals surface area contributed by atoms with E-state index < -0.39 is 21.4 Å². The number of carbonyl (C=O) groups is 1. The van der Waals surface area contributed by atoms with Crippen LogP contribution in [0, 0.1) is 0 Å². The van der Waals surface area contributed by atoms with Crippen LogP contribution in [0.1, 0.15) is 43.7 Å². The highest BCUT2D eigenvalue weighted by Gasteiger charge is 2.30. The first-order valence-corrected chi connectivity index (χ1v) is 12.8. The number of hydrogen-bond donors (Lipinski definition) is 2. The molecule has 0 saturated carbocycles. The van der Waals surface area contributed by atoms with E-state index in [1.165, 1.54) is 14.2 Å². The van der Waals surface area contributed by atoms with Crippen molar-refractivity contribution in [2.24, 2.45) is 0 Å². The Morgan fingerprint density at radius 1 is 0.886 bits per heavy atom. The lowest BCUT2D eigenvalue weighted by Gasteiger charge is -2.31. The van der Waals surface area contributed by atoms with Gasteiger partial charge in [0.2, 0.25) is 0 Å². The Kier molecular flexibility index (Phi) is 8.40. The number of hydrogen-bond acceptors (Lipinski definition) is 5. The molecule has 8 heteroatoms. The number of carboxylic acids is 1. The van der Waals surface area contributed by atoms with Gasteiger partial charge in [0.15, 0.2) is 11.5 Å². The fourth-order valence-electron chi connectivity index (χ4n) is 4.14. The topological polar surface area (TPSA) is 102 Å². The summed E-state index contributed by atoms with van der Waals surface area (Å²) in [5.41, 5.74) is 1.74. The Bertz CT molecular complexity index is 1260. The quantitative estimate of drug-likeness (QED) is 0.322. The summed E-state index contributed by atoms with van der Waals surface area (Å²) in [5, 5.41) is 9.00. The molecule has 186 valence electrons. The van der Waals surface area contributed by atoms with Crippen molar-refractivity contribution in [2.75, 3.05) is 18.9 Å². The number of benzene rings is 3. The Labute approximate surface area is 206 Å². The predicted molar refractivity (Wildman–Crippen MR) is 136 cm³/mol. The van der Waals surface area contributed by atoms with Crippen molar-refractivity contribution in [3.05, 3.63) is 83.9 Å². The van der Waals surface area contributed by atoms with Crippen LogP contribution in [0.5, 0.6) is 11.5 Å². The molecule has 2 N–H and O–H groups in total. The summed E-state index contributed by atoms with van der Waals surface area (Å²) in [7, 11) is -0.884. The smallest absolute Gasteiger partial charge is 0.303 e. The molecule has 0 bridgehead atoms. The molecular formula is C27H31NO6S. The summed E-state index contributed by atoms with van der Waals surface area (Å²) in [6.45, 7) is 2.07. The van der Waals surface area contributed by atoms with Crippen LogP contribution in [0.4, 0.5) is 5.69 Å². The number of unbranched alkanes of at least 4 members (excludes halogenated alkanes) is 1. The van der Waals surface area contributed by atoms with Crippen LogP contribution in [-0.4, -0.2) is 33.7 Å². The number of carboxylic acid groups (broad SMARTS) is 1. The van der Waals surface area contributed by atoms with Gasteiger partial charge in [-0.25, -0.2) is 8.42 Å². The van der Waals surface area contributed by atoms with Crippen LogP contribution >= 0.6 is 0 Å². The van der Waals surface area contributed by atoms with Crippen LogP contribution in [0.2, 0.25) is 0 Å². The van der Waals surface area contributed by atoms with Gasteiger partial charge >= 0.3 is 5.97 Å².